The van der Waals surface area contributed by atoms with E-state index in [4.69, 9.17) is 18.9 Å². The Morgan fingerprint density at radius 2 is 1.46 bits per heavy atom. The Hall–Kier alpha value is -2.45. The van der Waals surface area contributed by atoms with Crippen LogP contribution in [0.3, 0.4) is 0 Å². The molecule has 0 unspecified atom stereocenters. The molecule has 0 fully saturated rings. The number of benzene rings is 2. The third kappa shape index (κ3) is 4.03. The van der Waals surface area contributed by atoms with Gasteiger partial charge in [0.1, 0.15) is 11.5 Å². The second-order valence-electron chi connectivity index (χ2n) is 5.46. The van der Waals surface area contributed by atoms with Crippen LogP contribution in [0, 0.1) is 0 Å². The molecule has 0 amide bonds. The van der Waals surface area contributed by atoms with Gasteiger partial charge in [-0.2, -0.15) is 4.31 Å². The van der Waals surface area contributed by atoms with E-state index >= 15 is 0 Å². The zero-order valence-corrected chi connectivity index (χ0v) is 16.3. The topological polar surface area (TPSA) is 74.3 Å². The second kappa shape index (κ2) is 8.29. The first kappa shape index (κ1) is 19.9. The quantitative estimate of drug-likeness (QED) is 0.700. The molecule has 26 heavy (non-hydrogen) atoms. The van der Waals surface area contributed by atoms with E-state index in [-0.39, 0.29) is 11.4 Å². The predicted molar refractivity (Wildman–Crippen MR) is 97.7 cm³/mol. The highest BCUT2D eigenvalue weighted by atomic mass is 32.2. The summed E-state index contributed by atoms with van der Waals surface area (Å²) in [5, 5.41) is 0. The summed E-state index contributed by atoms with van der Waals surface area (Å²) in [7, 11) is 3.82. The summed E-state index contributed by atoms with van der Waals surface area (Å²) in [5.74, 6) is 2.00. The fourth-order valence-corrected chi connectivity index (χ4v) is 3.63. The first-order chi connectivity index (χ1) is 12.4. The molecule has 0 radical (unpaired) electrons. The van der Waals surface area contributed by atoms with Crippen molar-refractivity contribution in [3.63, 3.8) is 0 Å². The van der Waals surface area contributed by atoms with Crippen molar-refractivity contribution in [2.24, 2.45) is 0 Å². The van der Waals surface area contributed by atoms with Crippen LogP contribution in [-0.2, 0) is 16.6 Å². The van der Waals surface area contributed by atoms with E-state index in [0.717, 1.165) is 5.56 Å². The molecule has 0 spiro atoms. The minimum Gasteiger partial charge on any atom is -0.497 e. The number of hydrogen-bond acceptors (Lipinski definition) is 6. The smallest absolute Gasteiger partial charge is 0.243 e. The third-order valence-corrected chi connectivity index (χ3v) is 5.75. The van der Waals surface area contributed by atoms with Crippen molar-refractivity contribution in [1.29, 1.82) is 0 Å². The summed E-state index contributed by atoms with van der Waals surface area (Å²) >= 11 is 0. The molecule has 0 atom stereocenters. The highest BCUT2D eigenvalue weighted by Crippen LogP contribution is 2.31. The normalized spacial score (nSPS) is 11.3. The van der Waals surface area contributed by atoms with E-state index in [1.807, 2.05) is 0 Å². The van der Waals surface area contributed by atoms with E-state index < -0.39 is 10.0 Å². The van der Waals surface area contributed by atoms with Crippen LogP contribution >= 0.6 is 0 Å². The summed E-state index contributed by atoms with van der Waals surface area (Å²) < 4.78 is 47.9. The van der Waals surface area contributed by atoms with Crippen molar-refractivity contribution in [1.82, 2.24) is 4.31 Å². The third-order valence-electron chi connectivity index (χ3n) is 3.95. The molecule has 142 valence electrons. The van der Waals surface area contributed by atoms with Crippen molar-refractivity contribution in [3.8, 4) is 23.0 Å². The van der Waals surface area contributed by atoms with Gasteiger partial charge in [-0.25, -0.2) is 8.42 Å². The molecule has 0 heterocycles. The Kier molecular flexibility index (Phi) is 6.33. The maximum absolute atomic E-state index is 12.9. The minimum atomic E-state index is -3.72. The van der Waals surface area contributed by atoms with Crippen molar-refractivity contribution >= 4 is 10.0 Å². The number of sulfonamides is 1. The number of rotatable bonds is 8. The van der Waals surface area contributed by atoms with Gasteiger partial charge < -0.3 is 18.9 Å². The molecule has 0 N–H and O–H groups in total. The highest BCUT2D eigenvalue weighted by Gasteiger charge is 2.23. The lowest BCUT2D eigenvalue weighted by molar-refractivity contribution is 0.353. The van der Waals surface area contributed by atoms with Gasteiger partial charge >= 0.3 is 0 Å². The van der Waals surface area contributed by atoms with Gasteiger partial charge in [-0.05, 0) is 18.2 Å². The summed E-state index contributed by atoms with van der Waals surface area (Å²) in [6.07, 6.45) is 0. The first-order valence-corrected chi connectivity index (χ1v) is 9.20. The van der Waals surface area contributed by atoms with Crippen LogP contribution in [0.1, 0.15) is 5.56 Å². The van der Waals surface area contributed by atoms with Crippen molar-refractivity contribution < 1.29 is 27.4 Å². The largest absolute Gasteiger partial charge is 0.497 e. The maximum Gasteiger partial charge on any atom is 0.243 e. The molecule has 0 aromatic heterocycles. The summed E-state index contributed by atoms with van der Waals surface area (Å²) in [5.41, 5.74) is 0.722. The predicted octanol–water partition coefficient (Wildman–Crippen LogP) is 2.54. The van der Waals surface area contributed by atoms with E-state index in [0.29, 0.717) is 23.0 Å². The summed E-state index contributed by atoms with van der Waals surface area (Å²) in [6, 6.07) is 9.74. The van der Waals surface area contributed by atoms with Crippen LogP contribution in [0.5, 0.6) is 23.0 Å². The molecule has 0 aliphatic rings. The van der Waals surface area contributed by atoms with E-state index in [9.17, 15) is 8.42 Å². The Balaban J connectivity index is 2.32. The standard InChI is InChI=1S/C18H23NO6S/c1-19(12-13-6-7-14(22-2)10-17(13)24-4)26(20,21)15-8-9-16(23-3)18(11-15)25-5/h6-11H,12H2,1-5H3. The van der Waals surface area contributed by atoms with E-state index in [2.05, 4.69) is 0 Å². The average molecular weight is 381 g/mol. The molecule has 7 nitrogen and oxygen atoms in total. The number of hydrogen-bond donors (Lipinski definition) is 0. The lowest BCUT2D eigenvalue weighted by atomic mass is 10.2. The molecular weight excluding hydrogens is 358 g/mol. The summed E-state index contributed by atoms with van der Waals surface area (Å²) in [4.78, 5) is 0.116. The monoisotopic (exact) mass is 381 g/mol. The number of nitrogens with zero attached hydrogens (tertiary/aromatic N) is 1. The van der Waals surface area contributed by atoms with Gasteiger partial charge in [0.25, 0.3) is 0 Å². The first-order valence-electron chi connectivity index (χ1n) is 7.76. The number of methoxy groups -OCH3 is 4. The van der Waals surface area contributed by atoms with Crippen LogP contribution in [-0.4, -0.2) is 48.2 Å². The SMILES string of the molecule is COc1ccc(CN(C)S(=O)(=O)c2ccc(OC)c(OC)c2)c(OC)c1. The molecule has 2 aromatic rings. The lowest BCUT2D eigenvalue weighted by Crippen LogP contribution is -2.26. The molecule has 0 bridgehead atoms. The molecule has 0 aliphatic carbocycles. The molecule has 8 heteroatoms. The Morgan fingerprint density at radius 3 is 2.04 bits per heavy atom. The van der Waals surface area contributed by atoms with E-state index in [1.54, 1.807) is 31.4 Å². The van der Waals surface area contributed by atoms with Crippen LogP contribution in [0.4, 0.5) is 0 Å². The minimum absolute atomic E-state index is 0.116. The van der Waals surface area contributed by atoms with Crippen molar-refractivity contribution in [2.45, 2.75) is 11.4 Å². The zero-order chi connectivity index (χ0) is 19.3. The fourth-order valence-electron chi connectivity index (χ4n) is 2.46. The Morgan fingerprint density at radius 1 is 0.808 bits per heavy atom. The number of ether oxygens (including phenoxy) is 4. The van der Waals surface area contributed by atoms with Gasteiger partial charge in [-0.1, -0.05) is 6.07 Å². The molecule has 2 rings (SSSR count). The lowest BCUT2D eigenvalue weighted by Gasteiger charge is -2.20. The van der Waals surface area contributed by atoms with Crippen LogP contribution in [0.2, 0.25) is 0 Å². The van der Waals surface area contributed by atoms with Gasteiger partial charge in [-0.15, -0.1) is 0 Å². The van der Waals surface area contributed by atoms with Gasteiger partial charge in [0.15, 0.2) is 11.5 Å². The molecular formula is C18H23NO6S. The highest BCUT2D eigenvalue weighted by molar-refractivity contribution is 7.89. The fraction of sp³-hybridized carbons (Fsp3) is 0.333. The summed E-state index contributed by atoms with van der Waals surface area (Å²) in [6.45, 7) is 0.143. The maximum atomic E-state index is 12.9. The molecule has 0 saturated heterocycles. The van der Waals surface area contributed by atoms with Crippen molar-refractivity contribution in [2.75, 3.05) is 35.5 Å². The molecule has 2 aromatic carbocycles. The zero-order valence-electron chi connectivity index (χ0n) is 15.5. The van der Waals surface area contributed by atoms with E-state index in [1.165, 1.54) is 44.8 Å². The second-order valence-corrected chi connectivity index (χ2v) is 7.50. The van der Waals surface area contributed by atoms with Crippen LogP contribution < -0.4 is 18.9 Å². The average Bonchev–Trinajstić information content (AvgIpc) is 2.67. The van der Waals surface area contributed by atoms with Crippen LogP contribution in [0.25, 0.3) is 0 Å². The van der Waals surface area contributed by atoms with Gasteiger partial charge in [0, 0.05) is 31.3 Å². The van der Waals surface area contributed by atoms with Gasteiger partial charge in [0.05, 0.1) is 33.3 Å². The van der Waals surface area contributed by atoms with Gasteiger partial charge in [0.2, 0.25) is 10.0 Å². The molecule has 0 saturated carbocycles. The van der Waals surface area contributed by atoms with Crippen molar-refractivity contribution in [3.05, 3.63) is 42.0 Å². The van der Waals surface area contributed by atoms with Gasteiger partial charge in [-0.3, -0.25) is 0 Å². The Bertz CT molecular complexity index is 866. The Labute approximate surface area is 154 Å². The molecule has 0 aliphatic heterocycles. The van der Waals surface area contributed by atoms with Crippen LogP contribution in [0.15, 0.2) is 41.3 Å².